The van der Waals surface area contributed by atoms with Crippen molar-refractivity contribution in [3.8, 4) is 11.1 Å². The number of benzene rings is 1. The molecule has 3 aromatic rings. The summed E-state index contributed by atoms with van der Waals surface area (Å²) in [5.74, 6) is 0. The van der Waals surface area contributed by atoms with Crippen molar-refractivity contribution in [1.82, 2.24) is 9.55 Å². The van der Waals surface area contributed by atoms with E-state index in [2.05, 4.69) is 9.71 Å². The fourth-order valence-corrected chi connectivity index (χ4v) is 3.43. The van der Waals surface area contributed by atoms with Crippen molar-refractivity contribution in [2.75, 3.05) is 11.0 Å². The molecule has 0 fully saturated rings. The predicted molar refractivity (Wildman–Crippen MR) is 99.0 cm³/mol. The molecule has 0 aliphatic rings. The molecular formula is C18H19F2N3O2S. The number of hydrogen-bond donors (Lipinski definition) is 1. The monoisotopic (exact) mass is 379 g/mol. The molecule has 2 heterocycles. The number of halogens is 2. The molecule has 1 N–H and O–H groups in total. The summed E-state index contributed by atoms with van der Waals surface area (Å²) in [7, 11) is -3.38. The van der Waals surface area contributed by atoms with Gasteiger partial charge in [0, 0.05) is 34.9 Å². The molecule has 0 bridgehead atoms. The summed E-state index contributed by atoms with van der Waals surface area (Å²) in [5, 5.41) is 0.893. The minimum Gasteiger partial charge on any atom is -0.344 e. The van der Waals surface area contributed by atoms with Crippen molar-refractivity contribution >= 4 is 26.6 Å². The van der Waals surface area contributed by atoms with Crippen LogP contribution in [0.3, 0.4) is 0 Å². The summed E-state index contributed by atoms with van der Waals surface area (Å²) >= 11 is 0. The molecular weight excluding hydrogens is 360 g/mol. The molecule has 0 atom stereocenters. The Morgan fingerprint density at radius 3 is 2.42 bits per heavy atom. The van der Waals surface area contributed by atoms with E-state index in [1.165, 1.54) is 12.3 Å². The number of nitrogens with one attached hydrogen (secondary N) is 1. The molecule has 0 amide bonds. The maximum Gasteiger partial charge on any atom is 0.280 e. The second kappa shape index (κ2) is 6.68. The van der Waals surface area contributed by atoms with Crippen LogP contribution < -0.4 is 4.72 Å². The number of nitrogens with zero attached hydrogens (tertiary/aromatic N) is 2. The van der Waals surface area contributed by atoms with Gasteiger partial charge in [0.2, 0.25) is 10.0 Å². The van der Waals surface area contributed by atoms with Gasteiger partial charge in [-0.3, -0.25) is 9.71 Å². The number of hydrogen-bond acceptors (Lipinski definition) is 3. The number of anilines is 1. The van der Waals surface area contributed by atoms with Crippen molar-refractivity contribution in [2.45, 2.75) is 26.3 Å². The molecule has 0 spiro atoms. The summed E-state index contributed by atoms with van der Waals surface area (Å²) in [6, 6.07) is 8.33. The minimum atomic E-state index is -3.38. The summed E-state index contributed by atoms with van der Waals surface area (Å²) < 4.78 is 52.9. The van der Waals surface area contributed by atoms with Crippen LogP contribution in [0.25, 0.3) is 22.0 Å². The molecule has 5 nitrogen and oxygen atoms in total. The largest absolute Gasteiger partial charge is 0.344 e. The maximum atomic E-state index is 12.7. The first kappa shape index (κ1) is 18.3. The summed E-state index contributed by atoms with van der Waals surface area (Å²) in [6.07, 6.45) is 1.86. The third kappa shape index (κ3) is 3.70. The lowest BCUT2D eigenvalue weighted by atomic mass is 10.1. The van der Waals surface area contributed by atoms with Crippen molar-refractivity contribution in [1.29, 1.82) is 0 Å². The smallest absolute Gasteiger partial charge is 0.280 e. The van der Waals surface area contributed by atoms with E-state index in [1.807, 2.05) is 30.7 Å². The van der Waals surface area contributed by atoms with Gasteiger partial charge in [-0.2, -0.15) is 0 Å². The van der Waals surface area contributed by atoms with E-state index in [4.69, 9.17) is 0 Å². The van der Waals surface area contributed by atoms with Crippen LogP contribution in [0.15, 0.2) is 42.7 Å². The standard InChI is InChI=1S/C18H19F2N3O2S/c1-11(2)23-10-15(12-4-7-16(18(19)20)21-9-12)14-6-5-13(8-17(14)23)22-26(3,24)25/h4-11,18,22H,1-3H3. The molecule has 0 saturated heterocycles. The van der Waals surface area contributed by atoms with E-state index in [0.29, 0.717) is 5.69 Å². The zero-order valence-corrected chi connectivity index (χ0v) is 15.4. The molecule has 0 unspecified atom stereocenters. The number of fused-ring (bicyclic) bond motifs is 1. The number of pyridine rings is 1. The van der Waals surface area contributed by atoms with Crippen molar-refractivity contribution in [3.05, 3.63) is 48.4 Å². The Morgan fingerprint density at radius 2 is 1.88 bits per heavy atom. The van der Waals surface area contributed by atoms with Crippen LogP contribution in [0, 0.1) is 0 Å². The highest BCUT2D eigenvalue weighted by atomic mass is 32.2. The topological polar surface area (TPSA) is 64.0 Å². The Kier molecular flexibility index (Phi) is 4.70. The highest BCUT2D eigenvalue weighted by molar-refractivity contribution is 7.92. The number of aromatic nitrogens is 2. The van der Waals surface area contributed by atoms with Gasteiger partial charge in [0.05, 0.1) is 17.5 Å². The van der Waals surface area contributed by atoms with E-state index in [1.54, 1.807) is 18.2 Å². The minimum absolute atomic E-state index is 0.132. The highest BCUT2D eigenvalue weighted by Crippen LogP contribution is 2.34. The summed E-state index contributed by atoms with van der Waals surface area (Å²) in [5.41, 5.74) is 2.64. The van der Waals surface area contributed by atoms with Crippen LogP contribution in [0.1, 0.15) is 32.0 Å². The highest BCUT2D eigenvalue weighted by Gasteiger charge is 2.15. The van der Waals surface area contributed by atoms with Gasteiger partial charge in [-0.25, -0.2) is 17.2 Å². The van der Waals surface area contributed by atoms with E-state index >= 15 is 0 Å². The zero-order valence-electron chi connectivity index (χ0n) is 14.6. The van der Waals surface area contributed by atoms with Gasteiger partial charge in [-0.15, -0.1) is 0 Å². The SMILES string of the molecule is CC(C)n1cc(-c2ccc(C(F)F)nc2)c2ccc(NS(C)(=O)=O)cc21. The Bertz CT molecular complexity index is 1040. The Hall–Kier alpha value is -2.48. The molecule has 138 valence electrons. The second-order valence-electron chi connectivity index (χ2n) is 6.42. The van der Waals surface area contributed by atoms with E-state index in [-0.39, 0.29) is 11.7 Å². The van der Waals surface area contributed by atoms with Crippen LogP contribution in [-0.2, 0) is 10.0 Å². The molecule has 0 saturated carbocycles. The van der Waals surface area contributed by atoms with Crippen molar-refractivity contribution < 1.29 is 17.2 Å². The molecule has 2 aromatic heterocycles. The van der Waals surface area contributed by atoms with Crippen LogP contribution in [0.5, 0.6) is 0 Å². The molecule has 26 heavy (non-hydrogen) atoms. The first-order valence-corrected chi connectivity index (χ1v) is 9.91. The molecule has 8 heteroatoms. The third-order valence-electron chi connectivity index (χ3n) is 4.01. The lowest BCUT2D eigenvalue weighted by Gasteiger charge is -2.10. The number of rotatable bonds is 5. The lowest BCUT2D eigenvalue weighted by Crippen LogP contribution is -2.09. The molecule has 0 radical (unpaired) electrons. The van der Waals surface area contributed by atoms with Crippen molar-refractivity contribution in [2.24, 2.45) is 0 Å². The first-order valence-electron chi connectivity index (χ1n) is 8.02. The number of sulfonamides is 1. The predicted octanol–water partition coefficient (Wildman–Crippen LogP) is 4.59. The van der Waals surface area contributed by atoms with Crippen LogP contribution >= 0.6 is 0 Å². The van der Waals surface area contributed by atoms with Gasteiger partial charge in [0.1, 0.15) is 5.69 Å². The van der Waals surface area contributed by atoms with Crippen molar-refractivity contribution in [3.63, 3.8) is 0 Å². The molecule has 1 aromatic carbocycles. The van der Waals surface area contributed by atoms with Crippen LogP contribution in [-0.4, -0.2) is 24.2 Å². The molecule has 3 rings (SSSR count). The van der Waals surface area contributed by atoms with E-state index in [9.17, 15) is 17.2 Å². The normalized spacial score (nSPS) is 12.3. The third-order valence-corrected chi connectivity index (χ3v) is 4.62. The van der Waals surface area contributed by atoms with Crippen LogP contribution in [0.4, 0.5) is 14.5 Å². The van der Waals surface area contributed by atoms with Gasteiger partial charge in [-0.1, -0.05) is 12.1 Å². The zero-order chi connectivity index (χ0) is 19.1. The molecule has 0 aliphatic heterocycles. The van der Waals surface area contributed by atoms with Crippen LogP contribution in [0.2, 0.25) is 0 Å². The van der Waals surface area contributed by atoms with Gasteiger partial charge in [-0.05, 0) is 32.0 Å². The van der Waals surface area contributed by atoms with Gasteiger partial charge in [0.25, 0.3) is 6.43 Å². The number of alkyl halides is 2. The molecule has 0 aliphatic carbocycles. The van der Waals surface area contributed by atoms with E-state index < -0.39 is 16.4 Å². The fourth-order valence-electron chi connectivity index (χ4n) is 2.88. The average molecular weight is 379 g/mol. The summed E-state index contributed by atoms with van der Waals surface area (Å²) in [6.45, 7) is 4.02. The average Bonchev–Trinajstić information content (AvgIpc) is 2.92. The quantitative estimate of drug-likeness (QED) is 0.705. The fraction of sp³-hybridized carbons (Fsp3) is 0.278. The Morgan fingerprint density at radius 1 is 1.15 bits per heavy atom. The Labute approximate surface area is 150 Å². The lowest BCUT2D eigenvalue weighted by molar-refractivity contribution is 0.146. The summed E-state index contributed by atoms with van der Waals surface area (Å²) in [4.78, 5) is 3.83. The second-order valence-corrected chi connectivity index (χ2v) is 8.17. The van der Waals surface area contributed by atoms with E-state index in [0.717, 1.165) is 28.3 Å². The van der Waals surface area contributed by atoms with Gasteiger partial charge >= 0.3 is 0 Å². The Balaban J connectivity index is 2.14. The van der Waals surface area contributed by atoms with Gasteiger partial charge in [0.15, 0.2) is 0 Å². The first-order chi connectivity index (χ1) is 12.2. The maximum absolute atomic E-state index is 12.7. The van der Waals surface area contributed by atoms with Gasteiger partial charge < -0.3 is 4.57 Å².